The number of carbonyl (C=O) groups is 3. The second kappa shape index (κ2) is 13.3. The molecule has 212 valence electrons. The number of carbonyl (C=O) groups excluding carboxylic acids is 3. The summed E-state index contributed by atoms with van der Waals surface area (Å²) >= 11 is 0. The fourth-order valence-corrected chi connectivity index (χ4v) is 4.55. The van der Waals surface area contributed by atoms with E-state index in [1.54, 1.807) is 22.8 Å². The maximum absolute atomic E-state index is 12.9. The minimum Gasteiger partial charge on any atom is -0.506 e. The highest BCUT2D eigenvalue weighted by molar-refractivity contribution is 5.89. The van der Waals surface area contributed by atoms with Crippen LogP contribution in [0.2, 0.25) is 0 Å². The zero-order valence-corrected chi connectivity index (χ0v) is 22.8. The third-order valence-corrected chi connectivity index (χ3v) is 6.59. The maximum atomic E-state index is 12.9. The quantitative estimate of drug-likeness (QED) is 0.289. The molecular formula is C28H39N5O6. The topological polar surface area (TPSA) is 157 Å². The van der Waals surface area contributed by atoms with Gasteiger partial charge in [0.25, 0.3) is 0 Å². The van der Waals surface area contributed by atoms with Crippen LogP contribution in [0.15, 0.2) is 42.5 Å². The average molecular weight is 542 g/mol. The number of piperazine rings is 1. The Morgan fingerprint density at radius 2 is 1.72 bits per heavy atom. The average Bonchev–Trinajstić information content (AvgIpc) is 2.88. The lowest BCUT2D eigenvalue weighted by Gasteiger charge is -2.34. The summed E-state index contributed by atoms with van der Waals surface area (Å²) in [6, 6.07) is 11.5. The van der Waals surface area contributed by atoms with E-state index in [0.29, 0.717) is 44.8 Å². The van der Waals surface area contributed by atoms with Gasteiger partial charge in [-0.05, 0) is 56.0 Å². The molecule has 11 nitrogen and oxygen atoms in total. The summed E-state index contributed by atoms with van der Waals surface area (Å²) < 4.78 is 5.04. The molecule has 3 rings (SSSR count). The van der Waals surface area contributed by atoms with Crippen molar-refractivity contribution in [3.8, 4) is 5.75 Å². The van der Waals surface area contributed by atoms with Crippen LogP contribution in [-0.2, 0) is 22.4 Å². The summed E-state index contributed by atoms with van der Waals surface area (Å²) in [5, 5.41) is 26.3. The predicted molar refractivity (Wildman–Crippen MR) is 147 cm³/mol. The van der Waals surface area contributed by atoms with Gasteiger partial charge in [0.1, 0.15) is 5.75 Å². The van der Waals surface area contributed by atoms with Crippen LogP contribution in [-0.4, -0.2) is 82.9 Å². The Balaban J connectivity index is 1.53. The lowest BCUT2D eigenvalue weighted by molar-refractivity contribution is -0.132. The molecule has 0 bridgehead atoms. The Kier molecular flexibility index (Phi) is 10.1. The molecular weight excluding hydrogens is 502 g/mol. The Bertz CT molecular complexity index is 1160. The number of hydrogen-bond acceptors (Lipinski definition) is 7. The van der Waals surface area contributed by atoms with Crippen molar-refractivity contribution < 1.29 is 29.3 Å². The first-order chi connectivity index (χ1) is 18.5. The van der Waals surface area contributed by atoms with Crippen molar-refractivity contribution in [2.75, 3.05) is 44.6 Å². The number of nitrogens with one attached hydrogen (secondary N) is 2. The first kappa shape index (κ1) is 29.7. The van der Waals surface area contributed by atoms with E-state index in [4.69, 9.17) is 10.5 Å². The predicted octanol–water partition coefficient (Wildman–Crippen LogP) is 2.37. The third kappa shape index (κ3) is 8.86. The van der Waals surface area contributed by atoms with E-state index >= 15 is 0 Å². The minimum atomic E-state index is -0.883. The number of hydrogen-bond donors (Lipinski definition) is 5. The van der Waals surface area contributed by atoms with Gasteiger partial charge in [-0.2, -0.15) is 0 Å². The van der Waals surface area contributed by atoms with Crippen molar-refractivity contribution in [3.05, 3.63) is 59.2 Å². The number of aliphatic hydroxyl groups excluding tert-OH is 1. The molecule has 11 heteroatoms. The van der Waals surface area contributed by atoms with Crippen LogP contribution in [0.1, 0.15) is 43.6 Å². The molecule has 4 amide bonds. The highest BCUT2D eigenvalue weighted by Crippen LogP contribution is 2.27. The van der Waals surface area contributed by atoms with Crippen molar-refractivity contribution in [3.63, 3.8) is 0 Å². The molecule has 1 saturated heterocycles. The van der Waals surface area contributed by atoms with Gasteiger partial charge in [-0.15, -0.1) is 0 Å². The van der Waals surface area contributed by atoms with Gasteiger partial charge in [-0.1, -0.05) is 30.3 Å². The molecule has 0 aromatic heterocycles. The lowest BCUT2D eigenvalue weighted by Crippen LogP contribution is -2.51. The molecule has 0 radical (unpaired) electrons. The summed E-state index contributed by atoms with van der Waals surface area (Å²) in [5.41, 5.74) is 7.37. The molecule has 1 aliphatic heterocycles. The van der Waals surface area contributed by atoms with E-state index in [-0.39, 0.29) is 41.9 Å². The van der Waals surface area contributed by atoms with Gasteiger partial charge in [-0.3, -0.25) is 4.79 Å². The maximum Gasteiger partial charge on any atom is 0.409 e. The number of benzene rings is 2. The zero-order chi connectivity index (χ0) is 28.6. The fourth-order valence-electron chi connectivity index (χ4n) is 4.55. The zero-order valence-electron chi connectivity index (χ0n) is 22.8. The standard InChI is InChI=1S/C28H39N5O6/c1-4-39-27(38)33-12-10-32(11-13-33)25(36)15-19-6-5-7-20(14-19)17-28(2,3)30-18-24(35)21-8-9-23(34)22(16-21)31-26(29)37/h5-9,14,16,24,30,34-35H,4,10-13,15,17-18H2,1-3H3,(H3,29,31,37)/t24-/m0/s1. The molecule has 39 heavy (non-hydrogen) atoms. The highest BCUT2D eigenvalue weighted by Gasteiger charge is 2.25. The smallest absolute Gasteiger partial charge is 0.409 e. The summed E-state index contributed by atoms with van der Waals surface area (Å²) in [6.45, 7) is 8.28. The van der Waals surface area contributed by atoms with Gasteiger partial charge < -0.3 is 41.1 Å². The molecule has 0 aliphatic carbocycles. The number of phenols is 1. The largest absolute Gasteiger partial charge is 0.506 e. The van der Waals surface area contributed by atoms with Gasteiger partial charge in [0.2, 0.25) is 5.91 Å². The van der Waals surface area contributed by atoms with Gasteiger partial charge in [0.15, 0.2) is 0 Å². The summed E-state index contributed by atoms with van der Waals surface area (Å²) in [4.78, 5) is 39.3. The second-order valence-corrected chi connectivity index (χ2v) is 10.3. The number of ether oxygens (including phenoxy) is 1. The molecule has 0 spiro atoms. The number of β-amino-alcohol motifs (C(OH)–C–C–N with tert-alkyl or cyclic N) is 1. The van der Waals surface area contributed by atoms with E-state index < -0.39 is 12.1 Å². The van der Waals surface area contributed by atoms with Crippen molar-refractivity contribution in [1.82, 2.24) is 15.1 Å². The fraction of sp³-hybridized carbons (Fsp3) is 0.464. The molecule has 0 unspecified atom stereocenters. The minimum absolute atomic E-state index is 0.0234. The van der Waals surface area contributed by atoms with Crippen LogP contribution in [0, 0.1) is 0 Å². The summed E-state index contributed by atoms with van der Waals surface area (Å²) in [6.07, 6.45) is -0.285. The van der Waals surface area contributed by atoms with Crippen LogP contribution >= 0.6 is 0 Å². The number of aromatic hydroxyl groups is 1. The summed E-state index contributed by atoms with van der Waals surface area (Å²) in [7, 11) is 0. The summed E-state index contributed by atoms with van der Waals surface area (Å²) in [5.74, 6) is -0.120. The number of nitrogens with two attached hydrogens (primary N) is 1. The number of urea groups is 1. The Hall–Kier alpha value is -3.83. The van der Waals surface area contributed by atoms with Crippen LogP contribution in [0.3, 0.4) is 0 Å². The Labute approximate surface area is 228 Å². The SMILES string of the molecule is CCOC(=O)N1CCN(C(=O)Cc2cccc(CC(C)(C)NC[C@H](O)c3ccc(O)c(NC(N)=O)c3)c2)CC1. The number of amides is 4. The number of aliphatic hydroxyl groups is 1. The van der Waals surface area contributed by atoms with Crippen LogP contribution < -0.4 is 16.4 Å². The monoisotopic (exact) mass is 541 g/mol. The first-order valence-corrected chi connectivity index (χ1v) is 13.1. The van der Waals surface area contributed by atoms with E-state index in [9.17, 15) is 24.6 Å². The molecule has 6 N–H and O–H groups in total. The van der Waals surface area contributed by atoms with Gasteiger partial charge in [0.05, 0.1) is 24.8 Å². The van der Waals surface area contributed by atoms with Crippen LogP contribution in [0.4, 0.5) is 15.3 Å². The van der Waals surface area contributed by atoms with Gasteiger partial charge in [-0.25, -0.2) is 9.59 Å². The van der Waals surface area contributed by atoms with Crippen LogP contribution in [0.5, 0.6) is 5.75 Å². The first-order valence-electron chi connectivity index (χ1n) is 13.1. The number of primary amides is 1. The van der Waals surface area contributed by atoms with Crippen molar-refractivity contribution in [2.45, 2.75) is 45.3 Å². The Morgan fingerprint density at radius 1 is 1.05 bits per heavy atom. The number of phenolic OH excluding ortho intramolecular Hbond substituents is 1. The molecule has 0 saturated carbocycles. The molecule has 1 atom stereocenters. The van der Waals surface area contributed by atoms with Crippen molar-refractivity contribution in [2.24, 2.45) is 5.73 Å². The van der Waals surface area contributed by atoms with Crippen LogP contribution in [0.25, 0.3) is 0 Å². The lowest BCUT2D eigenvalue weighted by atomic mass is 9.93. The molecule has 1 fully saturated rings. The number of anilines is 1. The van der Waals surface area contributed by atoms with E-state index in [1.807, 2.05) is 38.1 Å². The van der Waals surface area contributed by atoms with Crippen molar-refractivity contribution in [1.29, 1.82) is 0 Å². The Morgan fingerprint density at radius 3 is 2.38 bits per heavy atom. The molecule has 1 aliphatic rings. The van der Waals surface area contributed by atoms with E-state index in [1.165, 1.54) is 12.1 Å². The van der Waals surface area contributed by atoms with E-state index in [2.05, 4.69) is 10.6 Å². The normalized spacial score (nSPS) is 14.6. The molecule has 2 aromatic carbocycles. The highest BCUT2D eigenvalue weighted by atomic mass is 16.6. The molecule has 1 heterocycles. The van der Waals surface area contributed by atoms with Gasteiger partial charge >= 0.3 is 12.1 Å². The number of rotatable bonds is 10. The third-order valence-electron chi connectivity index (χ3n) is 6.59. The van der Waals surface area contributed by atoms with Gasteiger partial charge in [0, 0.05) is 38.3 Å². The second-order valence-electron chi connectivity index (χ2n) is 10.3. The molecule has 2 aromatic rings. The van der Waals surface area contributed by atoms with Crippen molar-refractivity contribution >= 4 is 23.7 Å². The number of nitrogens with zero attached hydrogens (tertiary/aromatic N) is 2. The van der Waals surface area contributed by atoms with E-state index in [0.717, 1.165) is 11.1 Å².